The molecule has 1 aliphatic heterocycles. The largest absolute Gasteiger partial charge is 0.481 e. The molecule has 2 aliphatic rings. The van der Waals surface area contributed by atoms with E-state index in [-0.39, 0.29) is 25.3 Å². The third-order valence-corrected chi connectivity index (χ3v) is 4.72. The fraction of sp³-hybridized carbons (Fsp3) is 0.571. The van der Waals surface area contributed by atoms with E-state index in [4.69, 9.17) is 9.84 Å². The first-order valence-electron chi connectivity index (χ1n) is 7.05. The Kier molecular flexibility index (Phi) is 4.12. The molecule has 1 aromatic heterocycles. The van der Waals surface area contributed by atoms with Gasteiger partial charge in [-0.3, -0.25) is 4.79 Å². The molecule has 2 N–H and O–H groups in total. The van der Waals surface area contributed by atoms with Gasteiger partial charge in [-0.25, -0.2) is 4.79 Å². The number of carboxylic acids is 1. The summed E-state index contributed by atoms with van der Waals surface area (Å²) in [5.41, 5.74) is 0. The van der Waals surface area contributed by atoms with Crippen molar-refractivity contribution in [2.24, 2.45) is 5.92 Å². The van der Waals surface area contributed by atoms with Crippen molar-refractivity contribution in [3.8, 4) is 0 Å². The number of ether oxygens (including phenoxy) is 1. The molecule has 7 heteroatoms. The molecular weight excluding hydrogens is 292 g/mol. The van der Waals surface area contributed by atoms with Crippen molar-refractivity contribution in [3.63, 3.8) is 0 Å². The molecule has 0 spiro atoms. The molecule has 2 atom stereocenters. The number of aliphatic carboxylic acids is 1. The van der Waals surface area contributed by atoms with Gasteiger partial charge in [-0.2, -0.15) is 0 Å². The van der Waals surface area contributed by atoms with Gasteiger partial charge in [0.25, 0.3) is 0 Å². The molecule has 0 aromatic carbocycles. The Hall–Kier alpha value is -1.60. The van der Waals surface area contributed by atoms with Gasteiger partial charge in [0.05, 0.1) is 25.8 Å². The Bertz CT molecular complexity index is 515. The van der Waals surface area contributed by atoms with E-state index in [0.29, 0.717) is 6.54 Å². The summed E-state index contributed by atoms with van der Waals surface area (Å²) in [6, 6.07) is 3.62. The predicted octanol–water partition coefficient (Wildman–Crippen LogP) is 1.52. The normalized spacial score (nSPS) is 24.8. The molecule has 2 heterocycles. The van der Waals surface area contributed by atoms with Gasteiger partial charge in [-0.1, -0.05) is 6.07 Å². The van der Waals surface area contributed by atoms with Gasteiger partial charge in [0.1, 0.15) is 5.92 Å². The summed E-state index contributed by atoms with van der Waals surface area (Å²) in [6.07, 6.45) is 2.03. The molecule has 2 unspecified atom stereocenters. The maximum atomic E-state index is 12.4. The topological polar surface area (TPSA) is 78.9 Å². The van der Waals surface area contributed by atoms with E-state index in [0.717, 1.165) is 17.7 Å². The fourth-order valence-electron chi connectivity index (χ4n) is 2.50. The number of nitrogens with zero attached hydrogens (tertiary/aromatic N) is 1. The molecule has 1 aliphatic carbocycles. The first kappa shape index (κ1) is 14.3. The number of carbonyl (C=O) groups is 2. The van der Waals surface area contributed by atoms with Crippen LogP contribution in [-0.2, 0) is 16.1 Å². The SMILES string of the molecule is O=C(O)C1COCC1NC(=O)N(Cc1cccs1)C1CC1. The van der Waals surface area contributed by atoms with Gasteiger partial charge < -0.3 is 20.1 Å². The Morgan fingerprint density at radius 2 is 2.24 bits per heavy atom. The highest BCUT2D eigenvalue weighted by molar-refractivity contribution is 7.09. The third-order valence-electron chi connectivity index (χ3n) is 3.86. The maximum absolute atomic E-state index is 12.4. The maximum Gasteiger partial charge on any atom is 0.318 e. The standard InChI is InChI=1S/C14H18N2O4S/c17-13(18)11-7-20-8-12(11)15-14(19)16(9-3-4-9)6-10-2-1-5-21-10/h1-2,5,9,11-12H,3-4,6-8H2,(H,15,19)(H,17,18). The van der Waals surface area contributed by atoms with Crippen molar-refractivity contribution in [3.05, 3.63) is 22.4 Å². The molecule has 0 bridgehead atoms. The zero-order chi connectivity index (χ0) is 14.8. The smallest absolute Gasteiger partial charge is 0.318 e. The van der Waals surface area contributed by atoms with Crippen LogP contribution >= 0.6 is 11.3 Å². The van der Waals surface area contributed by atoms with Crippen LogP contribution in [0.3, 0.4) is 0 Å². The lowest BCUT2D eigenvalue weighted by Crippen LogP contribution is -2.49. The number of carboxylic acid groups (broad SMARTS) is 1. The number of urea groups is 1. The average molecular weight is 310 g/mol. The van der Waals surface area contributed by atoms with Gasteiger partial charge in [-0.15, -0.1) is 11.3 Å². The molecule has 1 saturated carbocycles. The van der Waals surface area contributed by atoms with Gasteiger partial charge in [0.2, 0.25) is 0 Å². The number of nitrogens with one attached hydrogen (secondary N) is 1. The second kappa shape index (κ2) is 6.03. The van der Waals surface area contributed by atoms with E-state index in [1.54, 1.807) is 11.3 Å². The van der Waals surface area contributed by atoms with E-state index in [1.165, 1.54) is 0 Å². The second-order valence-corrected chi connectivity index (χ2v) is 6.51. The summed E-state index contributed by atoms with van der Waals surface area (Å²) < 4.78 is 5.18. The minimum Gasteiger partial charge on any atom is -0.481 e. The highest BCUT2D eigenvalue weighted by atomic mass is 32.1. The predicted molar refractivity (Wildman–Crippen MR) is 77.1 cm³/mol. The Labute approximate surface area is 126 Å². The Morgan fingerprint density at radius 3 is 2.86 bits per heavy atom. The molecular formula is C14H18N2O4S. The molecule has 114 valence electrons. The quantitative estimate of drug-likeness (QED) is 0.864. The van der Waals surface area contributed by atoms with Gasteiger partial charge in [-0.05, 0) is 24.3 Å². The van der Waals surface area contributed by atoms with Crippen LogP contribution in [0.2, 0.25) is 0 Å². The molecule has 2 amide bonds. The van der Waals surface area contributed by atoms with Gasteiger partial charge in [0.15, 0.2) is 0 Å². The summed E-state index contributed by atoms with van der Waals surface area (Å²) in [6.45, 7) is 1.01. The number of amides is 2. The Morgan fingerprint density at radius 1 is 1.43 bits per heavy atom. The number of hydrogen-bond donors (Lipinski definition) is 2. The van der Waals surface area contributed by atoms with E-state index in [9.17, 15) is 9.59 Å². The van der Waals surface area contributed by atoms with Crippen molar-refractivity contribution >= 4 is 23.3 Å². The number of hydrogen-bond acceptors (Lipinski definition) is 4. The zero-order valence-electron chi connectivity index (χ0n) is 11.5. The lowest BCUT2D eigenvalue weighted by molar-refractivity contribution is -0.142. The summed E-state index contributed by atoms with van der Waals surface area (Å²) in [5.74, 6) is -1.58. The van der Waals surface area contributed by atoms with Gasteiger partial charge in [0, 0.05) is 10.9 Å². The number of carbonyl (C=O) groups excluding carboxylic acids is 1. The summed E-state index contributed by atoms with van der Waals surface area (Å²) in [4.78, 5) is 26.5. The molecule has 21 heavy (non-hydrogen) atoms. The highest BCUT2D eigenvalue weighted by Gasteiger charge is 2.38. The number of thiophene rings is 1. The van der Waals surface area contributed by atoms with Gasteiger partial charge >= 0.3 is 12.0 Å². The average Bonchev–Trinajstić information content (AvgIpc) is 2.97. The van der Waals surface area contributed by atoms with Crippen LogP contribution < -0.4 is 5.32 Å². The van der Waals surface area contributed by atoms with Crippen molar-refractivity contribution in [2.45, 2.75) is 31.5 Å². The minimum absolute atomic E-state index is 0.161. The Balaban J connectivity index is 1.63. The summed E-state index contributed by atoms with van der Waals surface area (Å²) in [5, 5.41) is 13.9. The molecule has 1 saturated heterocycles. The molecule has 6 nitrogen and oxygen atoms in total. The second-order valence-electron chi connectivity index (χ2n) is 5.48. The van der Waals surface area contributed by atoms with E-state index in [2.05, 4.69) is 5.32 Å². The summed E-state index contributed by atoms with van der Waals surface area (Å²) in [7, 11) is 0. The lowest BCUT2D eigenvalue weighted by Gasteiger charge is -2.25. The van der Waals surface area contributed by atoms with Crippen LogP contribution in [-0.4, -0.2) is 47.3 Å². The van der Waals surface area contributed by atoms with Crippen molar-refractivity contribution in [2.75, 3.05) is 13.2 Å². The molecule has 2 fully saturated rings. The molecule has 0 radical (unpaired) electrons. The molecule has 3 rings (SSSR count). The fourth-order valence-corrected chi connectivity index (χ4v) is 3.21. The van der Waals surface area contributed by atoms with E-state index in [1.807, 2.05) is 22.4 Å². The first-order chi connectivity index (χ1) is 10.1. The van der Waals surface area contributed by atoms with E-state index < -0.39 is 17.9 Å². The molecule has 1 aromatic rings. The first-order valence-corrected chi connectivity index (χ1v) is 7.93. The van der Waals surface area contributed by atoms with Crippen molar-refractivity contribution in [1.82, 2.24) is 10.2 Å². The van der Waals surface area contributed by atoms with Crippen LogP contribution in [0.1, 0.15) is 17.7 Å². The monoisotopic (exact) mass is 310 g/mol. The van der Waals surface area contributed by atoms with Crippen molar-refractivity contribution in [1.29, 1.82) is 0 Å². The minimum atomic E-state index is -0.922. The lowest BCUT2D eigenvalue weighted by atomic mass is 10.0. The van der Waals surface area contributed by atoms with E-state index >= 15 is 0 Å². The highest BCUT2D eigenvalue weighted by Crippen LogP contribution is 2.29. The van der Waals surface area contributed by atoms with Crippen LogP contribution in [0.4, 0.5) is 4.79 Å². The number of rotatable bonds is 5. The van der Waals surface area contributed by atoms with Crippen LogP contribution in [0.5, 0.6) is 0 Å². The van der Waals surface area contributed by atoms with Crippen molar-refractivity contribution < 1.29 is 19.4 Å². The van der Waals surface area contributed by atoms with Crippen LogP contribution in [0.15, 0.2) is 17.5 Å². The van der Waals surface area contributed by atoms with Crippen LogP contribution in [0, 0.1) is 5.92 Å². The third kappa shape index (κ3) is 3.36. The zero-order valence-corrected chi connectivity index (χ0v) is 12.3. The summed E-state index contributed by atoms with van der Waals surface area (Å²) >= 11 is 1.62. The van der Waals surface area contributed by atoms with Crippen LogP contribution in [0.25, 0.3) is 0 Å².